The summed E-state index contributed by atoms with van der Waals surface area (Å²) in [7, 11) is 0. The number of nitrogens with one attached hydrogen (secondary N) is 2. The third-order valence-electron chi connectivity index (χ3n) is 3.27. The van der Waals surface area contributed by atoms with Gasteiger partial charge in [-0.3, -0.25) is 9.59 Å². The van der Waals surface area contributed by atoms with Crippen LogP contribution in [0.1, 0.15) is 24.0 Å². The summed E-state index contributed by atoms with van der Waals surface area (Å²) in [5.74, 6) is 2.53. The van der Waals surface area contributed by atoms with Crippen LogP contribution in [-0.4, -0.2) is 42.5 Å². The van der Waals surface area contributed by atoms with Crippen LogP contribution in [0.2, 0.25) is 0 Å². The minimum Gasteiger partial charge on any atom is -0.484 e. The minimum absolute atomic E-state index is 0.101. The molecule has 0 bridgehead atoms. The molecule has 1 atom stereocenters. The number of benzene rings is 1. The van der Waals surface area contributed by atoms with Crippen LogP contribution in [0.3, 0.4) is 0 Å². The van der Waals surface area contributed by atoms with E-state index in [1.807, 2.05) is 54.7 Å². The Hall–Kier alpha value is -1.34. The molecular formula is C16H22N2O3S2. The highest BCUT2D eigenvalue weighted by Gasteiger charge is 2.18. The maximum absolute atomic E-state index is 11.8. The van der Waals surface area contributed by atoms with Gasteiger partial charge in [0.2, 0.25) is 5.91 Å². The molecule has 5 nitrogen and oxygen atoms in total. The SMILES string of the molecule is CCNC(=O)[C@@H](C)NC(=O)COc1ccc(C2SCCS2)cc1. The molecule has 0 saturated carbocycles. The lowest BCUT2D eigenvalue weighted by Gasteiger charge is -2.14. The van der Waals surface area contributed by atoms with Gasteiger partial charge >= 0.3 is 0 Å². The summed E-state index contributed by atoms with van der Waals surface area (Å²) in [6, 6.07) is 7.29. The number of hydrogen-bond acceptors (Lipinski definition) is 5. The van der Waals surface area contributed by atoms with Gasteiger partial charge in [0.25, 0.3) is 5.91 Å². The van der Waals surface area contributed by atoms with E-state index in [0.717, 1.165) is 0 Å². The molecule has 0 aromatic heterocycles. The van der Waals surface area contributed by atoms with Crippen molar-refractivity contribution in [1.82, 2.24) is 10.6 Å². The van der Waals surface area contributed by atoms with Crippen molar-refractivity contribution in [3.63, 3.8) is 0 Å². The Morgan fingerprint density at radius 2 is 1.91 bits per heavy atom. The van der Waals surface area contributed by atoms with Gasteiger partial charge in [-0.05, 0) is 31.5 Å². The second kappa shape index (κ2) is 9.08. The molecule has 126 valence electrons. The molecule has 1 aliphatic rings. The predicted molar refractivity (Wildman–Crippen MR) is 95.9 cm³/mol. The van der Waals surface area contributed by atoms with Crippen molar-refractivity contribution in [2.24, 2.45) is 0 Å². The second-order valence-corrected chi connectivity index (χ2v) is 7.84. The molecule has 0 unspecified atom stereocenters. The molecule has 1 heterocycles. The largest absolute Gasteiger partial charge is 0.484 e. The quantitative estimate of drug-likeness (QED) is 0.786. The lowest BCUT2D eigenvalue weighted by molar-refractivity contribution is -0.129. The van der Waals surface area contributed by atoms with E-state index in [-0.39, 0.29) is 18.4 Å². The Labute approximate surface area is 145 Å². The van der Waals surface area contributed by atoms with E-state index >= 15 is 0 Å². The number of carbonyl (C=O) groups is 2. The zero-order valence-corrected chi connectivity index (χ0v) is 15.0. The van der Waals surface area contributed by atoms with Gasteiger partial charge < -0.3 is 15.4 Å². The highest BCUT2D eigenvalue weighted by atomic mass is 32.2. The third kappa shape index (κ3) is 5.66. The van der Waals surface area contributed by atoms with Crippen LogP contribution in [-0.2, 0) is 9.59 Å². The molecule has 7 heteroatoms. The van der Waals surface area contributed by atoms with E-state index in [9.17, 15) is 9.59 Å². The van der Waals surface area contributed by atoms with Crippen molar-refractivity contribution in [2.45, 2.75) is 24.5 Å². The van der Waals surface area contributed by atoms with Crippen molar-refractivity contribution < 1.29 is 14.3 Å². The molecule has 1 aliphatic heterocycles. The first-order chi connectivity index (χ1) is 11.1. The van der Waals surface area contributed by atoms with Gasteiger partial charge in [0, 0.05) is 18.1 Å². The van der Waals surface area contributed by atoms with Crippen LogP contribution in [0.5, 0.6) is 5.75 Å². The summed E-state index contributed by atoms with van der Waals surface area (Å²) in [5, 5.41) is 5.27. The zero-order chi connectivity index (χ0) is 16.7. The fraction of sp³-hybridized carbons (Fsp3) is 0.500. The van der Waals surface area contributed by atoms with Crippen LogP contribution in [0, 0.1) is 0 Å². The fourth-order valence-corrected chi connectivity index (χ4v) is 4.96. The van der Waals surface area contributed by atoms with Gasteiger partial charge in [0.1, 0.15) is 11.8 Å². The number of hydrogen-bond donors (Lipinski definition) is 2. The van der Waals surface area contributed by atoms with Crippen LogP contribution in [0.4, 0.5) is 0 Å². The normalized spacial score (nSPS) is 15.9. The summed E-state index contributed by atoms with van der Waals surface area (Å²) in [4.78, 5) is 23.3. The number of rotatable bonds is 7. The molecule has 2 N–H and O–H groups in total. The summed E-state index contributed by atoms with van der Waals surface area (Å²) < 4.78 is 5.97. The van der Waals surface area contributed by atoms with Crippen LogP contribution in [0.25, 0.3) is 0 Å². The Morgan fingerprint density at radius 3 is 2.52 bits per heavy atom. The molecule has 1 fully saturated rings. The Morgan fingerprint density at radius 1 is 1.26 bits per heavy atom. The molecular weight excluding hydrogens is 332 g/mol. The molecule has 0 aliphatic carbocycles. The first-order valence-electron chi connectivity index (χ1n) is 7.63. The van der Waals surface area contributed by atoms with E-state index in [1.165, 1.54) is 17.1 Å². The number of amides is 2. The molecule has 2 amide bonds. The lowest BCUT2D eigenvalue weighted by atomic mass is 10.2. The number of thioether (sulfide) groups is 2. The van der Waals surface area contributed by atoms with Crippen molar-refractivity contribution in [1.29, 1.82) is 0 Å². The van der Waals surface area contributed by atoms with Crippen LogP contribution >= 0.6 is 23.5 Å². The Kier molecular flexibility index (Phi) is 7.11. The first kappa shape index (κ1) is 18.0. The van der Waals surface area contributed by atoms with Gasteiger partial charge in [-0.25, -0.2) is 0 Å². The van der Waals surface area contributed by atoms with Crippen LogP contribution in [0.15, 0.2) is 24.3 Å². The summed E-state index contributed by atoms with van der Waals surface area (Å²) >= 11 is 3.91. The summed E-state index contributed by atoms with van der Waals surface area (Å²) in [5.41, 5.74) is 1.28. The topological polar surface area (TPSA) is 67.4 Å². The van der Waals surface area contributed by atoms with Gasteiger partial charge in [-0.1, -0.05) is 12.1 Å². The van der Waals surface area contributed by atoms with Gasteiger partial charge in [-0.2, -0.15) is 0 Å². The van der Waals surface area contributed by atoms with Crippen molar-refractivity contribution >= 4 is 35.3 Å². The Bertz CT molecular complexity index is 531. The molecule has 0 radical (unpaired) electrons. The minimum atomic E-state index is -0.565. The van der Waals surface area contributed by atoms with Crippen molar-refractivity contribution in [2.75, 3.05) is 24.7 Å². The maximum Gasteiger partial charge on any atom is 0.258 e. The average Bonchev–Trinajstić information content (AvgIpc) is 3.08. The van der Waals surface area contributed by atoms with E-state index in [0.29, 0.717) is 16.9 Å². The van der Waals surface area contributed by atoms with E-state index < -0.39 is 6.04 Å². The number of ether oxygens (including phenoxy) is 1. The molecule has 1 saturated heterocycles. The Balaban J connectivity index is 1.76. The molecule has 0 spiro atoms. The average molecular weight is 354 g/mol. The summed E-state index contributed by atoms with van der Waals surface area (Å²) in [6.45, 7) is 3.92. The first-order valence-corrected chi connectivity index (χ1v) is 9.73. The molecule has 1 aromatic carbocycles. The van der Waals surface area contributed by atoms with E-state index in [1.54, 1.807) is 6.92 Å². The molecule has 23 heavy (non-hydrogen) atoms. The monoisotopic (exact) mass is 354 g/mol. The fourth-order valence-electron chi connectivity index (χ4n) is 2.10. The van der Waals surface area contributed by atoms with Gasteiger partial charge in [0.05, 0.1) is 4.58 Å². The third-order valence-corrected chi connectivity index (χ3v) is 6.37. The smallest absolute Gasteiger partial charge is 0.258 e. The lowest BCUT2D eigenvalue weighted by Crippen LogP contribution is -2.46. The maximum atomic E-state index is 11.8. The second-order valence-electron chi connectivity index (χ2n) is 5.12. The van der Waals surface area contributed by atoms with E-state index in [4.69, 9.17) is 4.74 Å². The van der Waals surface area contributed by atoms with Crippen molar-refractivity contribution in [3.8, 4) is 5.75 Å². The van der Waals surface area contributed by atoms with Gasteiger partial charge in [-0.15, -0.1) is 23.5 Å². The van der Waals surface area contributed by atoms with Gasteiger partial charge in [0.15, 0.2) is 6.61 Å². The highest BCUT2D eigenvalue weighted by molar-refractivity contribution is 8.19. The molecule has 2 rings (SSSR count). The van der Waals surface area contributed by atoms with Crippen molar-refractivity contribution in [3.05, 3.63) is 29.8 Å². The highest BCUT2D eigenvalue weighted by Crippen LogP contribution is 2.45. The number of likely N-dealkylation sites (N-methyl/N-ethyl adjacent to an activating group) is 1. The van der Waals surface area contributed by atoms with E-state index in [2.05, 4.69) is 10.6 Å². The number of carbonyl (C=O) groups excluding carboxylic acids is 2. The standard InChI is InChI=1S/C16H22N2O3S2/c1-3-17-15(20)11(2)18-14(19)10-21-13-6-4-12(5-7-13)16-22-8-9-23-16/h4-7,11,16H,3,8-10H2,1-2H3,(H,17,20)(H,18,19)/t11-/m1/s1. The zero-order valence-electron chi connectivity index (χ0n) is 13.3. The summed E-state index contributed by atoms with van der Waals surface area (Å²) in [6.07, 6.45) is 0. The molecule has 1 aromatic rings. The predicted octanol–water partition coefficient (Wildman–Crippen LogP) is 2.18. The van der Waals surface area contributed by atoms with Crippen LogP contribution < -0.4 is 15.4 Å².